The van der Waals surface area contributed by atoms with E-state index < -0.39 is 54.2 Å². The van der Waals surface area contributed by atoms with Gasteiger partial charge in [0, 0.05) is 10.8 Å². The number of aliphatic imine (C=N–C) groups is 1. The minimum absolute atomic E-state index is 0.0103. The molecule has 1 amide bonds. The predicted molar refractivity (Wildman–Crippen MR) is 117 cm³/mol. The number of carbonyl (C=O) groups excluding carboxylic acids is 1. The fourth-order valence-electron chi connectivity index (χ4n) is 4.29. The van der Waals surface area contributed by atoms with Gasteiger partial charge >= 0.3 is 0 Å². The molecule has 0 bridgehead atoms. The number of nitrogens with one attached hydrogen (secondary N) is 1. The Balaban J connectivity index is 1.46. The lowest BCUT2D eigenvalue weighted by atomic mass is 9.98. The highest BCUT2D eigenvalue weighted by Crippen LogP contribution is 2.36. The van der Waals surface area contributed by atoms with Gasteiger partial charge in [-0.15, -0.1) is 11.8 Å². The summed E-state index contributed by atoms with van der Waals surface area (Å²) in [6.07, 6.45) is 1.90. The van der Waals surface area contributed by atoms with Gasteiger partial charge in [-0.3, -0.25) is 4.79 Å². The van der Waals surface area contributed by atoms with Gasteiger partial charge < -0.3 is 30.1 Å². The standard InChI is InChI=1S/C22H29FN2O6S/c23-13-6-4-5-12(9-13)21-24-15(11-30-21)20(29)25-17-19(28)18(27)16(10-26)31-22(17)32-14-7-2-1-3-8-14/h4-6,9,14-19,22,26-28H,1-3,7-8,10-11H2,(H,25,29)/t15?,16-,17-,18-,19-,22-/m1/s1. The predicted octanol–water partition coefficient (Wildman–Crippen LogP) is 0.961. The molecule has 32 heavy (non-hydrogen) atoms. The van der Waals surface area contributed by atoms with Crippen LogP contribution in [0.4, 0.5) is 4.39 Å². The number of aliphatic hydroxyl groups is 3. The van der Waals surface area contributed by atoms with Crippen molar-refractivity contribution in [1.82, 2.24) is 5.32 Å². The van der Waals surface area contributed by atoms with E-state index >= 15 is 0 Å². The smallest absolute Gasteiger partial charge is 0.248 e. The van der Waals surface area contributed by atoms with Gasteiger partial charge in [0.1, 0.15) is 36.2 Å². The molecular weight excluding hydrogens is 439 g/mol. The van der Waals surface area contributed by atoms with Crippen LogP contribution in [-0.2, 0) is 14.3 Å². The summed E-state index contributed by atoms with van der Waals surface area (Å²) in [5.74, 6) is -0.731. The molecule has 0 spiro atoms. The maximum atomic E-state index is 13.5. The van der Waals surface area contributed by atoms with E-state index in [-0.39, 0.29) is 12.5 Å². The third-order valence-electron chi connectivity index (χ3n) is 6.09. The minimum Gasteiger partial charge on any atom is -0.475 e. The summed E-state index contributed by atoms with van der Waals surface area (Å²) in [5.41, 5.74) is -0.181. The van der Waals surface area contributed by atoms with Crippen LogP contribution >= 0.6 is 11.8 Å². The second-order valence-corrected chi connectivity index (χ2v) is 9.81. The summed E-state index contributed by atoms with van der Waals surface area (Å²) in [5, 5.41) is 33.7. The van der Waals surface area contributed by atoms with E-state index in [1.165, 1.54) is 36.4 Å². The van der Waals surface area contributed by atoms with E-state index in [0.29, 0.717) is 10.8 Å². The number of amides is 1. The number of rotatable bonds is 6. The van der Waals surface area contributed by atoms with E-state index in [1.807, 2.05) is 0 Å². The summed E-state index contributed by atoms with van der Waals surface area (Å²) in [6, 6.07) is 4.02. The molecular formula is C22H29FN2O6S. The van der Waals surface area contributed by atoms with Crippen LogP contribution in [0.2, 0.25) is 0 Å². The van der Waals surface area contributed by atoms with E-state index in [2.05, 4.69) is 10.3 Å². The molecule has 1 saturated carbocycles. The Hall–Kier alpha value is -1.72. The minimum atomic E-state index is -1.33. The van der Waals surface area contributed by atoms with Crippen molar-refractivity contribution >= 4 is 23.6 Å². The average molecular weight is 469 g/mol. The highest BCUT2D eigenvalue weighted by Gasteiger charge is 2.46. The second-order valence-electron chi connectivity index (χ2n) is 8.41. The molecule has 6 atom stereocenters. The zero-order chi connectivity index (χ0) is 22.7. The number of aliphatic hydroxyl groups excluding tert-OH is 3. The molecule has 4 N–H and O–H groups in total. The third kappa shape index (κ3) is 5.26. The van der Waals surface area contributed by atoms with Crippen LogP contribution < -0.4 is 5.32 Å². The number of halogens is 1. The maximum absolute atomic E-state index is 13.5. The molecule has 0 radical (unpaired) electrons. The number of hydrogen-bond acceptors (Lipinski definition) is 8. The van der Waals surface area contributed by atoms with Gasteiger partial charge in [-0.25, -0.2) is 9.38 Å². The number of benzene rings is 1. The summed E-state index contributed by atoms with van der Waals surface area (Å²) >= 11 is 1.53. The number of carbonyl (C=O) groups is 1. The van der Waals surface area contributed by atoms with Gasteiger partial charge in [0.25, 0.3) is 0 Å². The third-order valence-corrected chi connectivity index (χ3v) is 7.62. The van der Waals surface area contributed by atoms with Crippen LogP contribution in [0.1, 0.15) is 37.7 Å². The molecule has 2 heterocycles. The number of ether oxygens (including phenoxy) is 2. The Kier molecular flexibility index (Phi) is 7.67. The summed E-state index contributed by atoms with van der Waals surface area (Å²) in [4.78, 5) is 17.2. The summed E-state index contributed by atoms with van der Waals surface area (Å²) in [7, 11) is 0. The molecule has 176 valence electrons. The number of thioether (sulfide) groups is 1. The van der Waals surface area contributed by atoms with Crippen molar-refractivity contribution in [2.75, 3.05) is 13.2 Å². The van der Waals surface area contributed by atoms with Gasteiger partial charge in [0.2, 0.25) is 11.8 Å². The molecule has 0 aromatic heterocycles. The first kappa shape index (κ1) is 23.4. The largest absolute Gasteiger partial charge is 0.475 e. The molecule has 3 aliphatic rings. The van der Waals surface area contributed by atoms with Crippen molar-refractivity contribution in [2.24, 2.45) is 4.99 Å². The van der Waals surface area contributed by atoms with Crippen LogP contribution in [0.15, 0.2) is 29.3 Å². The van der Waals surface area contributed by atoms with Gasteiger partial charge in [0.15, 0.2) is 6.04 Å². The number of hydrogen-bond donors (Lipinski definition) is 4. The van der Waals surface area contributed by atoms with Crippen LogP contribution in [-0.4, -0.2) is 81.4 Å². The summed E-state index contributed by atoms with van der Waals surface area (Å²) < 4.78 is 24.9. The van der Waals surface area contributed by atoms with Crippen LogP contribution in [0.5, 0.6) is 0 Å². The van der Waals surface area contributed by atoms with Crippen molar-refractivity contribution < 1.29 is 34.0 Å². The van der Waals surface area contributed by atoms with Crippen LogP contribution in [0.25, 0.3) is 0 Å². The Morgan fingerprint density at radius 1 is 1.22 bits per heavy atom. The van der Waals surface area contributed by atoms with E-state index in [0.717, 1.165) is 25.7 Å². The molecule has 1 aromatic carbocycles. The van der Waals surface area contributed by atoms with Gasteiger partial charge in [-0.05, 0) is 31.0 Å². The van der Waals surface area contributed by atoms with Gasteiger partial charge in [-0.1, -0.05) is 25.3 Å². The SMILES string of the molecule is O=C(N[C@@H]1[C@@H](O)[C@H](O)[C@@H](CO)O[C@@H]1SC1CCCCC1)C1COC(c2cccc(F)c2)=N1. The first-order valence-corrected chi connectivity index (χ1v) is 12.0. The lowest BCUT2D eigenvalue weighted by molar-refractivity contribution is -0.174. The molecule has 1 aliphatic carbocycles. The van der Waals surface area contributed by atoms with E-state index in [1.54, 1.807) is 6.07 Å². The Bertz CT molecular complexity index is 836. The molecule has 1 unspecified atom stereocenters. The normalized spacial score (nSPS) is 33.4. The topological polar surface area (TPSA) is 121 Å². The van der Waals surface area contributed by atoms with E-state index in [9.17, 15) is 24.5 Å². The van der Waals surface area contributed by atoms with Crippen molar-refractivity contribution in [1.29, 1.82) is 0 Å². The van der Waals surface area contributed by atoms with Crippen molar-refractivity contribution in [3.05, 3.63) is 35.6 Å². The van der Waals surface area contributed by atoms with Crippen molar-refractivity contribution in [3.63, 3.8) is 0 Å². The Morgan fingerprint density at radius 3 is 2.72 bits per heavy atom. The highest BCUT2D eigenvalue weighted by atomic mass is 32.2. The maximum Gasteiger partial charge on any atom is 0.248 e. The first-order valence-electron chi connectivity index (χ1n) is 11.0. The van der Waals surface area contributed by atoms with Crippen LogP contribution in [0.3, 0.4) is 0 Å². The Morgan fingerprint density at radius 2 is 2.00 bits per heavy atom. The summed E-state index contributed by atoms with van der Waals surface area (Å²) in [6.45, 7) is -0.442. The van der Waals surface area contributed by atoms with Crippen LogP contribution in [0, 0.1) is 5.82 Å². The fourth-order valence-corrected chi connectivity index (χ4v) is 5.88. The lowest BCUT2D eigenvalue weighted by Crippen LogP contribution is -2.64. The van der Waals surface area contributed by atoms with Crippen molar-refractivity contribution in [2.45, 2.75) is 73.2 Å². The fraction of sp³-hybridized carbons (Fsp3) is 0.636. The molecule has 2 aliphatic heterocycles. The Labute approximate surface area is 190 Å². The molecule has 10 heteroatoms. The number of nitrogens with zero attached hydrogens (tertiary/aromatic N) is 1. The zero-order valence-electron chi connectivity index (χ0n) is 17.6. The zero-order valence-corrected chi connectivity index (χ0v) is 18.4. The average Bonchev–Trinajstić information content (AvgIpc) is 3.30. The highest BCUT2D eigenvalue weighted by molar-refractivity contribution is 8.00. The quantitative estimate of drug-likeness (QED) is 0.491. The van der Waals surface area contributed by atoms with Gasteiger partial charge in [0.05, 0.1) is 12.6 Å². The first-order chi connectivity index (χ1) is 15.5. The van der Waals surface area contributed by atoms with Gasteiger partial charge in [-0.2, -0.15) is 0 Å². The lowest BCUT2D eigenvalue weighted by Gasteiger charge is -2.43. The molecule has 8 nitrogen and oxygen atoms in total. The van der Waals surface area contributed by atoms with E-state index in [4.69, 9.17) is 9.47 Å². The monoisotopic (exact) mass is 468 g/mol. The second kappa shape index (κ2) is 10.5. The molecule has 1 aromatic rings. The molecule has 1 saturated heterocycles. The van der Waals surface area contributed by atoms with Crippen molar-refractivity contribution in [3.8, 4) is 0 Å². The molecule has 2 fully saturated rings. The molecule has 4 rings (SSSR count).